The molecule has 6 aromatic rings. The molecule has 0 amide bonds. The lowest BCUT2D eigenvalue weighted by Crippen LogP contribution is -2.42. The van der Waals surface area contributed by atoms with E-state index in [9.17, 15) is 20.4 Å². The van der Waals surface area contributed by atoms with E-state index in [4.69, 9.17) is 0 Å². The standard InChI is InChI=1S/C39H32O4/c40-33-19-11-29(12-20-33)38(30-13-21-34(41)22-14-30)39(31-15-23-35(42)24-16-31,32-17-25-36(43)26-18-32)37(27-7-3-1-4-8-27)28-9-5-2-6-10-28/h1-26,37-38,40-43H. The van der Waals surface area contributed by atoms with Crippen molar-refractivity contribution in [2.75, 3.05) is 0 Å². The Kier molecular flexibility index (Phi) is 7.59. The summed E-state index contributed by atoms with van der Waals surface area (Å²) >= 11 is 0. The molecule has 0 saturated heterocycles. The molecule has 4 heteroatoms. The minimum absolute atomic E-state index is 0.158. The van der Waals surface area contributed by atoms with E-state index in [-0.39, 0.29) is 34.8 Å². The van der Waals surface area contributed by atoms with Crippen LogP contribution in [-0.2, 0) is 5.41 Å². The van der Waals surface area contributed by atoms with E-state index in [1.165, 1.54) is 0 Å². The molecule has 212 valence electrons. The van der Waals surface area contributed by atoms with Gasteiger partial charge in [-0.15, -0.1) is 0 Å². The van der Waals surface area contributed by atoms with Gasteiger partial charge in [0.2, 0.25) is 0 Å². The maximum absolute atomic E-state index is 10.4. The highest BCUT2D eigenvalue weighted by Crippen LogP contribution is 2.58. The van der Waals surface area contributed by atoms with E-state index in [0.29, 0.717) is 0 Å². The molecule has 0 aromatic heterocycles. The number of phenols is 4. The summed E-state index contributed by atoms with van der Waals surface area (Å²) in [6.07, 6.45) is 0. The van der Waals surface area contributed by atoms with Gasteiger partial charge in [-0.25, -0.2) is 0 Å². The molecule has 6 rings (SSSR count). The van der Waals surface area contributed by atoms with Crippen LogP contribution in [0.1, 0.15) is 45.2 Å². The topological polar surface area (TPSA) is 80.9 Å². The average molecular weight is 565 g/mol. The Morgan fingerprint density at radius 1 is 0.302 bits per heavy atom. The third-order valence-corrected chi connectivity index (χ3v) is 8.32. The van der Waals surface area contributed by atoms with Gasteiger partial charge in [-0.2, -0.15) is 0 Å². The molecule has 0 fully saturated rings. The van der Waals surface area contributed by atoms with Gasteiger partial charge in [0.25, 0.3) is 0 Å². The Bertz CT molecular complexity index is 1630. The van der Waals surface area contributed by atoms with E-state index in [1.807, 2.05) is 84.9 Å². The quantitative estimate of drug-likeness (QED) is 0.150. The minimum atomic E-state index is -0.877. The third kappa shape index (κ3) is 5.31. The van der Waals surface area contributed by atoms with Gasteiger partial charge in [0.05, 0.1) is 0 Å². The molecule has 4 N–H and O–H groups in total. The van der Waals surface area contributed by atoms with Crippen LogP contribution < -0.4 is 0 Å². The van der Waals surface area contributed by atoms with Gasteiger partial charge in [0.1, 0.15) is 23.0 Å². The van der Waals surface area contributed by atoms with Crippen LogP contribution >= 0.6 is 0 Å². The Balaban J connectivity index is 1.83. The summed E-state index contributed by atoms with van der Waals surface area (Å²) in [5.41, 5.74) is 5.07. The normalized spacial score (nSPS) is 11.6. The van der Waals surface area contributed by atoms with E-state index in [1.54, 1.807) is 48.5 Å². The minimum Gasteiger partial charge on any atom is -0.508 e. The predicted molar refractivity (Wildman–Crippen MR) is 170 cm³/mol. The summed E-state index contributed by atoms with van der Waals surface area (Å²) in [5, 5.41) is 41.5. The van der Waals surface area contributed by atoms with E-state index in [2.05, 4.69) is 24.3 Å². The Labute approximate surface area is 251 Å². The fourth-order valence-corrected chi connectivity index (χ4v) is 6.54. The molecule has 0 aliphatic heterocycles. The zero-order chi connectivity index (χ0) is 29.8. The van der Waals surface area contributed by atoms with Gasteiger partial charge < -0.3 is 20.4 Å². The first-order valence-corrected chi connectivity index (χ1v) is 14.2. The van der Waals surface area contributed by atoms with Gasteiger partial charge in [-0.05, 0) is 81.9 Å². The van der Waals surface area contributed by atoms with Crippen LogP contribution in [0.25, 0.3) is 0 Å². The number of rotatable bonds is 8. The fourth-order valence-electron chi connectivity index (χ4n) is 6.54. The van der Waals surface area contributed by atoms with Crippen molar-refractivity contribution < 1.29 is 20.4 Å². The van der Waals surface area contributed by atoms with E-state index < -0.39 is 5.41 Å². The predicted octanol–water partition coefficient (Wildman–Crippen LogP) is 8.46. The monoisotopic (exact) mass is 564 g/mol. The van der Waals surface area contributed by atoms with Crippen LogP contribution in [0.5, 0.6) is 23.0 Å². The second-order valence-corrected chi connectivity index (χ2v) is 10.8. The lowest BCUT2D eigenvalue weighted by atomic mass is 9.53. The first kappa shape index (κ1) is 27.7. The second-order valence-electron chi connectivity index (χ2n) is 10.8. The highest BCUT2D eigenvalue weighted by molar-refractivity contribution is 5.58. The zero-order valence-corrected chi connectivity index (χ0v) is 23.5. The molecule has 0 heterocycles. The number of aromatic hydroxyl groups is 4. The van der Waals surface area contributed by atoms with Crippen molar-refractivity contribution in [1.29, 1.82) is 0 Å². The molecule has 0 saturated carbocycles. The molecule has 0 spiro atoms. The van der Waals surface area contributed by atoms with E-state index >= 15 is 0 Å². The van der Waals surface area contributed by atoms with Gasteiger partial charge in [0.15, 0.2) is 0 Å². The molecule has 6 aromatic carbocycles. The van der Waals surface area contributed by atoms with E-state index in [0.717, 1.165) is 33.4 Å². The lowest BCUT2D eigenvalue weighted by molar-refractivity contribution is 0.397. The summed E-state index contributed by atoms with van der Waals surface area (Å²) in [4.78, 5) is 0. The summed E-state index contributed by atoms with van der Waals surface area (Å²) in [5.74, 6) is 0.00608. The fraction of sp³-hybridized carbons (Fsp3) is 0.0769. The molecule has 4 nitrogen and oxygen atoms in total. The number of benzene rings is 6. The highest BCUT2D eigenvalue weighted by atomic mass is 16.3. The van der Waals surface area contributed by atoms with Gasteiger partial charge >= 0.3 is 0 Å². The number of hydrogen-bond acceptors (Lipinski definition) is 4. The second kappa shape index (κ2) is 11.8. The van der Waals surface area contributed by atoms with Crippen molar-refractivity contribution in [2.45, 2.75) is 17.3 Å². The van der Waals surface area contributed by atoms with Crippen molar-refractivity contribution in [3.63, 3.8) is 0 Å². The van der Waals surface area contributed by atoms with Crippen molar-refractivity contribution in [3.8, 4) is 23.0 Å². The van der Waals surface area contributed by atoms with Gasteiger partial charge in [-0.3, -0.25) is 0 Å². The molecular weight excluding hydrogens is 532 g/mol. The van der Waals surface area contributed by atoms with Crippen LogP contribution in [0.3, 0.4) is 0 Å². The molecule has 0 radical (unpaired) electrons. The molecule has 0 atom stereocenters. The van der Waals surface area contributed by atoms with Crippen molar-refractivity contribution in [2.24, 2.45) is 0 Å². The Hall–Kier alpha value is -5.48. The molecule has 0 aliphatic rings. The molecule has 0 bridgehead atoms. The highest BCUT2D eigenvalue weighted by Gasteiger charge is 2.50. The largest absolute Gasteiger partial charge is 0.508 e. The van der Waals surface area contributed by atoms with Gasteiger partial charge in [0, 0.05) is 17.3 Å². The molecule has 0 aliphatic carbocycles. The SMILES string of the molecule is Oc1ccc(C(c2ccc(O)cc2)C(c2ccc(O)cc2)(c2ccc(O)cc2)C(c2ccccc2)c2ccccc2)cc1. The van der Waals surface area contributed by atoms with Crippen molar-refractivity contribution in [3.05, 3.63) is 191 Å². The first-order valence-electron chi connectivity index (χ1n) is 14.2. The average Bonchev–Trinajstić information content (AvgIpc) is 3.04. The first-order chi connectivity index (χ1) is 21.0. The van der Waals surface area contributed by atoms with Crippen molar-refractivity contribution in [1.82, 2.24) is 0 Å². The summed E-state index contributed by atoms with van der Waals surface area (Å²) in [7, 11) is 0. The zero-order valence-electron chi connectivity index (χ0n) is 23.5. The van der Waals surface area contributed by atoms with Crippen LogP contribution in [0.4, 0.5) is 0 Å². The Morgan fingerprint density at radius 2 is 0.558 bits per heavy atom. The molecule has 43 heavy (non-hydrogen) atoms. The number of hydrogen-bond donors (Lipinski definition) is 4. The van der Waals surface area contributed by atoms with Crippen LogP contribution in [0.2, 0.25) is 0 Å². The summed E-state index contributed by atoms with van der Waals surface area (Å²) in [6, 6.07) is 50.0. The molecular formula is C39H32O4. The van der Waals surface area contributed by atoms with Crippen LogP contribution in [0, 0.1) is 0 Å². The van der Waals surface area contributed by atoms with Crippen LogP contribution in [-0.4, -0.2) is 20.4 Å². The number of phenolic OH excluding ortho intramolecular Hbond substituents is 4. The maximum atomic E-state index is 10.4. The third-order valence-electron chi connectivity index (χ3n) is 8.32. The summed E-state index contributed by atoms with van der Waals surface area (Å²) in [6.45, 7) is 0. The smallest absolute Gasteiger partial charge is 0.115 e. The molecule has 0 unspecified atom stereocenters. The van der Waals surface area contributed by atoms with Crippen LogP contribution in [0.15, 0.2) is 158 Å². The van der Waals surface area contributed by atoms with Crippen molar-refractivity contribution >= 4 is 0 Å². The summed E-state index contributed by atoms with van der Waals surface area (Å²) < 4.78 is 0. The maximum Gasteiger partial charge on any atom is 0.115 e. The Morgan fingerprint density at radius 3 is 0.860 bits per heavy atom. The van der Waals surface area contributed by atoms with Gasteiger partial charge in [-0.1, -0.05) is 109 Å². The lowest BCUT2D eigenvalue weighted by Gasteiger charge is -2.49.